The Morgan fingerprint density at radius 3 is 1.86 bits per heavy atom. The molecule has 0 saturated carbocycles. The van der Waals surface area contributed by atoms with E-state index < -0.39 is 0 Å². The van der Waals surface area contributed by atoms with Gasteiger partial charge in [-0.05, 0) is 12.1 Å². The number of anilines is 1. The third-order valence-electron chi connectivity index (χ3n) is 0.800. The molecule has 0 aromatic heterocycles. The highest BCUT2D eigenvalue weighted by atomic mass is 15.8. The third kappa shape index (κ3) is 0.929. The van der Waals surface area contributed by atoms with Crippen LogP contribution in [0.3, 0.4) is 0 Å². The average Bonchev–Trinajstić information content (AvgIpc) is 1.69. The number of hydrogen-bond donors (Lipinski definition) is 1. The molecule has 0 heterocycles. The van der Waals surface area contributed by atoms with Crippen LogP contribution >= 0.6 is 0 Å². The molecule has 0 atom stereocenters. The van der Waals surface area contributed by atoms with Crippen molar-refractivity contribution < 1.29 is 0 Å². The van der Waals surface area contributed by atoms with Crippen molar-refractivity contribution in [3.8, 4) is 0 Å². The highest BCUT2D eigenvalue weighted by Crippen LogP contribution is 1.95. The maximum Gasteiger partial charge on any atom is 0.0313 e. The van der Waals surface area contributed by atoms with Crippen molar-refractivity contribution in [3.63, 3.8) is 0 Å². The second-order valence-electron chi connectivity index (χ2n) is 1.41. The summed E-state index contributed by atoms with van der Waals surface area (Å²) in [6, 6.07) is 9.49. The van der Waals surface area contributed by atoms with Gasteiger partial charge < -0.3 is 5.73 Å². The molecular weight excluding hydrogens is 98.0 g/mol. The Bertz CT molecular complexity index is 134. The van der Waals surface area contributed by atoms with Crippen molar-refractivity contribution in [2.45, 2.75) is 0 Å². The Kier molecular flexibility index (Phi) is 0.984. The lowest BCUT2D eigenvalue weighted by Gasteiger charge is -1.83. The molecule has 0 saturated heterocycles. The molecule has 1 aromatic rings. The van der Waals surface area contributed by atoms with Gasteiger partial charge in [-0.2, -0.15) is 0 Å². The van der Waals surface area contributed by atoms with E-state index >= 15 is 0 Å². The quantitative estimate of drug-likeness (QED) is 0.494. The van der Waals surface area contributed by atoms with E-state index in [1.54, 1.807) is 0 Å². The molecule has 1 aromatic carbocycles. The third-order valence-corrected chi connectivity index (χ3v) is 0.800. The van der Waals surface area contributed by atoms with Gasteiger partial charge in [-0.1, -0.05) is 18.2 Å². The topological polar surface area (TPSA) is 26.0 Å². The minimum Gasteiger partial charge on any atom is -0.399 e. The van der Waals surface area contributed by atoms with E-state index in [1.807, 2.05) is 30.3 Å². The molecule has 0 aliphatic rings. The first-order chi connectivity index (χ1) is 3.39. The fraction of sp³-hybridized carbons (Fsp3) is 0. The predicted molar refractivity (Wildman–Crippen MR) is 30.9 cm³/mol. The van der Waals surface area contributed by atoms with Crippen LogP contribution in [0.2, 0.25) is 0 Å². The summed E-state index contributed by atoms with van der Waals surface area (Å²) in [5, 5.41) is 0. The first-order valence-corrected chi connectivity index (χ1v) is 2.20. The van der Waals surface area contributed by atoms with E-state index in [2.05, 4.69) is 0 Å². The molecular formula is C6H7N. The zero-order valence-electron chi connectivity index (χ0n) is 3.96. The van der Waals surface area contributed by atoms with Crippen LogP contribution in [0.25, 0.3) is 0 Å². The fourth-order valence-corrected chi connectivity index (χ4v) is 0.453. The summed E-state index contributed by atoms with van der Waals surface area (Å²) >= 11 is 0. The maximum atomic E-state index is 5.36. The summed E-state index contributed by atoms with van der Waals surface area (Å²) in [5.74, 6) is 0. The number of hydrogen-bond acceptors (Lipinski definition) is 1. The van der Waals surface area contributed by atoms with E-state index in [9.17, 15) is 0 Å². The first-order valence-electron chi connectivity index (χ1n) is 2.20. The summed E-state index contributed by atoms with van der Waals surface area (Å²) in [6.07, 6.45) is 0. The van der Waals surface area contributed by atoms with E-state index in [0.29, 0.717) is 0 Å². The van der Waals surface area contributed by atoms with Crippen LogP contribution in [-0.4, -0.2) is 0 Å². The Balaban J connectivity index is 3.02. The highest BCUT2D eigenvalue weighted by molar-refractivity contribution is 5.35. The van der Waals surface area contributed by atoms with Gasteiger partial charge in [-0.25, -0.2) is 0 Å². The number of benzene rings is 1. The normalized spacial score (nSPS) is 8.57. The predicted octanol–water partition coefficient (Wildman–Crippen LogP) is 1.27. The van der Waals surface area contributed by atoms with Crippen molar-refractivity contribution in [1.29, 1.82) is 0 Å². The molecule has 0 aliphatic heterocycles. The van der Waals surface area contributed by atoms with E-state index in [4.69, 9.17) is 5.73 Å². The van der Waals surface area contributed by atoms with Gasteiger partial charge in [-0.15, -0.1) is 0 Å². The molecule has 1 nitrogen and oxygen atoms in total. The Hall–Kier alpha value is -0.980. The molecule has 0 bridgehead atoms. The van der Waals surface area contributed by atoms with Crippen molar-refractivity contribution in [1.82, 2.24) is 0 Å². The summed E-state index contributed by atoms with van der Waals surface area (Å²) in [5.41, 5.74) is 6.18. The van der Waals surface area contributed by atoms with Gasteiger partial charge in [0.05, 0.1) is 0 Å². The van der Waals surface area contributed by atoms with Crippen molar-refractivity contribution in [2.24, 2.45) is 0 Å². The summed E-state index contributed by atoms with van der Waals surface area (Å²) in [4.78, 5) is 0. The minimum absolute atomic E-state index is 0.822. The summed E-state index contributed by atoms with van der Waals surface area (Å²) < 4.78 is 0. The Labute approximate surface area is 42.8 Å². The maximum absolute atomic E-state index is 5.36. The smallest absolute Gasteiger partial charge is 0.0313 e. The molecule has 2 N–H and O–H groups in total. The Morgan fingerprint density at radius 1 is 1.00 bits per heavy atom. The number of nitrogens with two attached hydrogens (primary N) is 1. The van der Waals surface area contributed by atoms with Gasteiger partial charge >= 0.3 is 0 Å². The second kappa shape index (κ2) is 1.65. The van der Waals surface area contributed by atoms with Crippen LogP contribution in [0, 0.1) is 0 Å². The largest absolute Gasteiger partial charge is 0.399 e. The molecule has 1 heteroatoms. The van der Waals surface area contributed by atoms with Gasteiger partial charge in [0.25, 0.3) is 0 Å². The van der Waals surface area contributed by atoms with Gasteiger partial charge in [0.15, 0.2) is 0 Å². The molecule has 0 aliphatic carbocycles. The SMILES string of the molecule is N[14c]1[14cH][14cH][14cH][14cH][14cH]1. The van der Waals surface area contributed by atoms with Crippen molar-refractivity contribution in [2.75, 3.05) is 5.73 Å². The molecule has 7 heavy (non-hydrogen) atoms. The van der Waals surface area contributed by atoms with Gasteiger partial charge in [0.2, 0.25) is 0 Å². The van der Waals surface area contributed by atoms with Crippen molar-refractivity contribution in [3.05, 3.63) is 30.3 Å². The zero-order chi connectivity index (χ0) is 5.11. The monoisotopic (exact) mass is 105 g/mol. The molecule has 36 valence electrons. The lowest BCUT2D eigenvalue weighted by Crippen LogP contribution is -1.79. The lowest BCUT2D eigenvalue weighted by atomic mass is 12.2. The first kappa shape index (κ1) is 4.19. The zero-order valence-corrected chi connectivity index (χ0v) is 3.96. The van der Waals surface area contributed by atoms with Crippen LogP contribution in [0.5, 0.6) is 0 Å². The number of nitrogen functional groups attached to an aromatic ring is 1. The van der Waals surface area contributed by atoms with Crippen LogP contribution in [0.1, 0.15) is 0 Å². The standard InChI is InChI=1S/C6H7N/c7-6-4-2-1-3-5-6/h1-5H,7H2/i1+2,2+2,3+2,4+2,5+2,6+2. The molecule has 0 radical (unpaired) electrons. The van der Waals surface area contributed by atoms with Gasteiger partial charge in [-0.3, -0.25) is 0 Å². The van der Waals surface area contributed by atoms with Gasteiger partial charge in [0.1, 0.15) is 0 Å². The second-order valence-corrected chi connectivity index (χ2v) is 1.41. The molecule has 0 unspecified atom stereocenters. The number of para-hydroxylation sites is 1. The lowest BCUT2D eigenvalue weighted by molar-refractivity contribution is 1.69. The van der Waals surface area contributed by atoms with Crippen LogP contribution < -0.4 is 5.73 Å². The average molecular weight is 105 g/mol. The number of rotatable bonds is 0. The summed E-state index contributed by atoms with van der Waals surface area (Å²) in [6.45, 7) is 0. The molecule has 0 amide bonds. The molecule has 0 spiro atoms. The van der Waals surface area contributed by atoms with Crippen LogP contribution in [-0.2, 0) is 0 Å². The Morgan fingerprint density at radius 2 is 1.57 bits per heavy atom. The molecule has 0 fully saturated rings. The summed E-state index contributed by atoms with van der Waals surface area (Å²) in [7, 11) is 0. The van der Waals surface area contributed by atoms with Crippen LogP contribution in [0.4, 0.5) is 5.69 Å². The van der Waals surface area contributed by atoms with E-state index in [-0.39, 0.29) is 0 Å². The van der Waals surface area contributed by atoms with Crippen molar-refractivity contribution >= 4 is 5.69 Å². The molecule has 1 rings (SSSR count). The fourth-order valence-electron chi connectivity index (χ4n) is 0.453. The van der Waals surface area contributed by atoms with Crippen LogP contribution in [0.15, 0.2) is 30.3 Å². The van der Waals surface area contributed by atoms with E-state index in [1.165, 1.54) is 0 Å². The highest BCUT2D eigenvalue weighted by Gasteiger charge is 1.72. The minimum atomic E-state index is 0.822. The van der Waals surface area contributed by atoms with Gasteiger partial charge in [0, 0.05) is 5.69 Å². The van der Waals surface area contributed by atoms with E-state index in [0.717, 1.165) is 5.69 Å².